The second-order valence-electron chi connectivity index (χ2n) is 15.6. The summed E-state index contributed by atoms with van der Waals surface area (Å²) in [4.78, 5) is 10.8. The highest BCUT2D eigenvalue weighted by molar-refractivity contribution is 6.39. The SMILES string of the molecule is c1ccc2c(-c3nc(-c4ccc5c(c4)oc4ccccc45)c4oc5ccccc5c4n3)cc(-n3c4cccc5c6ccccc6c6c7ccccc7cc3c6c54)cc2c1. The zero-order valence-electron chi connectivity index (χ0n) is 31.4. The van der Waals surface area contributed by atoms with E-state index in [0.29, 0.717) is 11.4 Å². The summed E-state index contributed by atoms with van der Waals surface area (Å²) >= 11 is 0. The summed E-state index contributed by atoms with van der Waals surface area (Å²) < 4.78 is 15.4. The number of hydrogen-bond acceptors (Lipinski definition) is 4. The van der Waals surface area contributed by atoms with E-state index in [1.54, 1.807) is 0 Å². The minimum atomic E-state index is 0.631. The van der Waals surface area contributed by atoms with Crippen LogP contribution in [-0.4, -0.2) is 14.5 Å². The maximum atomic E-state index is 6.60. The van der Waals surface area contributed by atoms with Gasteiger partial charge >= 0.3 is 0 Å². The predicted molar refractivity (Wildman–Crippen MR) is 243 cm³/mol. The molecular weight excluding hydrogens is 723 g/mol. The van der Waals surface area contributed by atoms with Crippen molar-refractivity contribution in [3.8, 4) is 28.3 Å². The minimum absolute atomic E-state index is 0.631. The molecule has 0 spiro atoms. The topological polar surface area (TPSA) is 57.0 Å². The number of aromatic nitrogens is 3. The van der Waals surface area contributed by atoms with Gasteiger partial charge in [0.05, 0.1) is 11.0 Å². The van der Waals surface area contributed by atoms with Crippen molar-refractivity contribution in [2.75, 3.05) is 0 Å². The van der Waals surface area contributed by atoms with Crippen molar-refractivity contribution in [1.82, 2.24) is 14.5 Å². The largest absolute Gasteiger partial charge is 0.456 e. The molecule has 0 N–H and O–H groups in total. The molecule has 5 heteroatoms. The van der Waals surface area contributed by atoms with Gasteiger partial charge in [-0.2, -0.15) is 0 Å². The van der Waals surface area contributed by atoms with Crippen molar-refractivity contribution >= 4 is 109 Å². The van der Waals surface area contributed by atoms with Crippen LogP contribution in [0.2, 0.25) is 0 Å². The van der Waals surface area contributed by atoms with Crippen LogP contribution in [0.3, 0.4) is 0 Å². The first kappa shape index (κ1) is 31.1. The molecule has 0 amide bonds. The van der Waals surface area contributed by atoms with Gasteiger partial charge in [-0.1, -0.05) is 121 Å². The van der Waals surface area contributed by atoms with Gasteiger partial charge in [-0.05, 0) is 92.3 Å². The number of furan rings is 2. The monoisotopic (exact) mass is 751 g/mol. The van der Waals surface area contributed by atoms with Crippen LogP contribution >= 0.6 is 0 Å². The molecule has 14 rings (SSSR count). The lowest BCUT2D eigenvalue weighted by Crippen LogP contribution is -1.98. The van der Waals surface area contributed by atoms with Crippen LogP contribution in [0.15, 0.2) is 185 Å². The molecule has 4 aromatic heterocycles. The van der Waals surface area contributed by atoms with Crippen molar-refractivity contribution in [3.63, 3.8) is 0 Å². The van der Waals surface area contributed by atoms with E-state index >= 15 is 0 Å². The Bertz CT molecular complexity index is 4090. The van der Waals surface area contributed by atoms with Crippen molar-refractivity contribution in [2.45, 2.75) is 0 Å². The molecule has 0 saturated heterocycles. The van der Waals surface area contributed by atoms with Crippen molar-refractivity contribution in [2.24, 2.45) is 0 Å². The van der Waals surface area contributed by atoms with Crippen LogP contribution in [0.25, 0.3) is 137 Å². The van der Waals surface area contributed by atoms with Gasteiger partial charge in [-0.3, -0.25) is 0 Å². The molecule has 0 atom stereocenters. The number of para-hydroxylation sites is 2. The number of hydrogen-bond donors (Lipinski definition) is 0. The minimum Gasteiger partial charge on any atom is -0.456 e. The number of benzene rings is 10. The van der Waals surface area contributed by atoms with E-state index in [1.807, 2.05) is 36.4 Å². The Kier molecular flexibility index (Phi) is 5.96. The molecule has 0 aliphatic rings. The molecule has 272 valence electrons. The van der Waals surface area contributed by atoms with Crippen molar-refractivity contribution in [3.05, 3.63) is 176 Å². The average molecular weight is 752 g/mol. The standard InChI is InChI=1S/C54H29N3O2/c1-3-14-34-30(12-1)26-33(57-43-21-11-20-40-36-16-5-6-18-39(36)48-35-15-4-2-13-31(35)27-44(57)50(48)49(40)43)29-42(34)54-55-51(53-52(56-54)41-19-8-10-23-46(41)59-53)32-24-25-38-37-17-7-9-22-45(37)58-47(38)28-32/h1-29H. The first-order valence-electron chi connectivity index (χ1n) is 20.0. The fraction of sp³-hybridized carbons (Fsp3) is 0. The summed E-state index contributed by atoms with van der Waals surface area (Å²) in [6.07, 6.45) is 0. The second-order valence-corrected chi connectivity index (χ2v) is 15.6. The lowest BCUT2D eigenvalue weighted by molar-refractivity contribution is 0.666. The Morgan fingerprint density at radius 1 is 0.390 bits per heavy atom. The van der Waals surface area contributed by atoms with Crippen LogP contribution in [0.4, 0.5) is 0 Å². The third-order valence-corrected chi connectivity index (χ3v) is 12.5. The zero-order valence-corrected chi connectivity index (χ0v) is 31.4. The molecule has 4 heterocycles. The van der Waals surface area contributed by atoms with Crippen LogP contribution in [-0.2, 0) is 0 Å². The summed E-state index contributed by atoms with van der Waals surface area (Å²) in [5.41, 5.74) is 9.82. The highest BCUT2D eigenvalue weighted by atomic mass is 16.3. The Labute approximate surface area is 335 Å². The van der Waals surface area contributed by atoms with Gasteiger partial charge in [0, 0.05) is 49.1 Å². The van der Waals surface area contributed by atoms with Crippen molar-refractivity contribution < 1.29 is 8.83 Å². The van der Waals surface area contributed by atoms with E-state index < -0.39 is 0 Å². The molecule has 0 radical (unpaired) electrons. The highest BCUT2D eigenvalue weighted by Gasteiger charge is 2.24. The van der Waals surface area contributed by atoms with E-state index in [4.69, 9.17) is 18.8 Å². The van der Waals surface area contributed by atoms with Gasteiger partial charge in [0.15, 0.2) is 11.4 Å². The van der Waals surface area contributed by atoms with Gasteiger partial charge in [-0.15, -0.1) is 0 Å². The first-order valence-corrected chi connectivity index (χ1v) is 20.0. The van der Waals surface area contributed by atoms with Crippen molar-refractivity contribution in [1.29, 1.82) is 0 Å². The predicted octanol–water partition coefficient (Wildman–Crippen LogP) is 14.8. The van der Waals surface area contributed by atoms with Gasteiger partial charge in [0.25, 0.3) is 0 Å². The second kappa shape index (κ2) is 11.3. The molecular formula is C54H29N3O2. The quantitative estimate of drug-likeness (QED) is 0.169. The smallest absolute Gasteiger partial charge is 0.180 e. The third kappa shape index (κ3) is 4.18. The summed E-state index contributed by atoms with van der Waals surface area (Å²) in [5, 5.41) is 15.4. The Morgan fingerprint density at radius 3 is 1.88 bits per heavy atom. The molecule has 14 aromatic rings. The Hall–Kier alpha value is -8.02. The van der Waals surface area contributed by atoms with E-state index in [1.165, 1.54) is 54.1 Å². The molecule has 0 unspecified atom stereocenters. The average Bonchev–Trinajstić information content (AvgIpc) is 3.97. The van der Waals surface area contributed by atoms with Gasteiger partial charge in [-0.25, -0.2) is 9.97 Å². The van der Waals surface area contributed by atoms with Crippen LogP contribution in [0.1, 0.15) is 0 Å². The summed E-state index contributed by atoms with van der Waals surface area (Å²) in [6, 6.07) is 62.5. The Morgan fingerprint density at radius 2 is 1.03 bits per heavy atom. The van der Waals surface area contributed by atoms with Gasteiger partial charge < -0.3 is 13.4 Å². The molecule has 0 saturated carbocycles. The molecule has 0 aliphatic heterocycles. The number of fused-ring (bicyclic) bond motifs is 12. The summed E-state index contributed by atoms with van der Waals surface area (Å²) in [5.74, 6) is 0.631. The molecule has 5 nitrogen and oxygen atoms in total. The summed E-state index contributed by atoms with van der Waals surface area (Å²) in [7, 11) is 0. The number of rotatable bonds is 3. The maximum absolute atomic E-state index is 6.60. The lowest BCUT2D eigenvalue weighted by Gasteiger charge is -2.14. The Balaban J connectivity index is 1.09. The van der Waals surface area contributed by atoms with E-state index in [-0.39, 0.29) is 0 Å². The number of nitrogens with zero attached hydrogens (tertiary/aromatic N) is 3. The van der Waals surface area contributed by atoms with Crippen LogP contribution in [0, 0.1) is 0 Å². The third-order valence-electron chi connectivity index (χ3n) is 12.5. The van der Waals surface area contributed by atoms with E-state index in [2.05, 4.69) is 144 Å². The molecule has 0 fully saturated rings. The lowest BCUT2D eigenvalue weighted by atomic mass is 9.91. The highest BCUT2D eigenvalue weighted by Crippen LogP contribution is 2.47. The zero-order chi connectivity index (χ0) is 38.3. The fourth-order valence-corrected chi connectivity index (χ4v) is 9.99. The van der Waals surface area contributed by atoms with E-state index in [0.717, 1.165) is 71.7 Å². The van der Waals surface area contributed by atoms with Gasteiger partial charge in [0.1, 0.15) is 28.0 Å². The maximum Gasteiger partial charge on any atom is 0.180 e. The normalized spacial score (nSPS) is 12.4. The van der Waals surface area contributed by atoms with Crippen LogP contribution in [0.5, 0.6) is 0 Å². The fourth-order valence-electron chi connectivity index (χ4n) is 9.99. The van der Waals surface area contributed by atoms with E-state index in [9.17, 15) is 0 Å². The van der Waals surface area contributed by atoms with Gasteiger partial charge in [0.2, 0.25) is 0 Å². The van der Waals surface area contributed by atoms with Crippen LogP contribution < -0.4 is 0 Å². The molecule has 10 aromatic carbocycles. The molecule has 59 heavy (non-hydrogen) atoms. The molecule has 0 aliphatic carbocycles. The molecule has 0 bridgehead atoms. The summed E-state index contributed by atoms with van der Waals surface area (Å²) in [6.45, 7) is 0. The first-order chi connectivity index (χ1) is 29.2.